The highest BCUT2D eigenvalue weighted by molar-refractivity contribution is 6.08. The zero-order chi connectivity index (χ0) is 44.3. The maximum atomic E-state index is 6.84. The molecule has 0 saturated heterocycles. The molecule has 0 spiro atoms. The third-order valence-corrected chi connectivity index (χ3v) is 13.9. The Labute approximate surface area is 391 Å². The Balaban J connectivity index is 1.05. The minimum atomic E-state index is -0.538. The highest BCUT2D eigenvalue weighted by Crippen LogP contribution is 2.57. The summed E-state index contributed by atoms with van der Waals surface area (Å²) >= 11 is 0. The fraction of sp³-hybridized carbons (Fsp3) is 0.0154. The van der Waals surface area contributed by atoms with E-state index in [1.54, 1.807) is 0 Å². The summed E-state index contributed by atoms with van der Waals surface area (Å²) in [4.78, 5) is 2.43. The van der Waals surface area contributed by atoms with E-state index in [1.807, 2.05) is 0 Å². The van der Waals surface area contributed by atoms with Crippen molar-refractivity contribution in [1.82, 2.24) is 0 Å². The lowest BCUT2D eigenvalue weighted by atomic mass is 9.67. The van der Waals surface area contributed by atoms with Crippen molar-refractivity contribution in [3.63, 3.8) is 0 Å². The van der Waals surface area contributed by atoms with E-state index in [-0.39, 0.29) is 0 Å². The van der Waals surface area contributed by atoms with Gasteiger partial charge in [-0.1, -0.05) is 206 Å². The number of rotatable bonds is 7. The molecule has 11 aromatic carbocycles. The number of fused-ring (bicyclic) bond motifs is 10. The first-order valence-electron chi connectivity index (χ1n) is 23.1. The summed E-state index contributed by atoms with van der Waals surface area (Å²) in [6.07, 6.45) is 0. The predicted molar refractivity (Wildman–Crippen MR) is 278 cm³/mol. The molecule has 1 aliphatic carbocycles. The van der Waals surface area contributed by atoms with Gasteiger partial charge in [0.25, 0.3) is 0 Å². The van der Waals surface area contributed by atoms with Crippen LogP contribution >= 0.6 is 0 Å². The van der Waals surface area contributed by atoms with Crippen molar-refractivity contribution in [3.8, 4) is 67.1 Å². The first-order valence-corrected chi connectivity index (χ1v) is 23.1. The molecule has 0 bridgehead atoms. The SMILES string of the molecule is c1ccc(-c2ccc(N(c3cccc(C4(c5ccccc5)c5ccccc5-c5ccccc54)c3)c3ccc4ccc5c(c4c3)-c3ccccc3Oc3ccc(-c4ccccc4)cc3-5)cc2)cc1. The Bertz CT molecular complexity index is 3610. The van der Waals surface area contributed by atoms with Crippen molar-refractivity contribution in [2.75, 3.05) is 4.90 Å². The zero-order valence-electron chi connectivity index (χ0n) is 36.7. The molecule has 0 fully saturated rings. The van der Waals surface area contributed by atoms with E-state index in [9.17, 15) is 0 Å². The quantitative estimate of drug-likeness (QED) is 0.158. The average molecular weight is 854 g/mol. The van der Waals surface area contributed by atoms with Gasteiger partial charge in [0.15, 0.2) is 0 Å². The van der Waals surface area contributed by atoms with Crippen LogP contribution in [-0.2, 0) is 5.41 Å². The Morgan fingerprint density at radius 2 is 0.821 bits per heavy atom. The van der Waals surface area contributed by atoms with Gasteiger partial charge in [0.1, 0.15) is 11.5 Å². The van der Waals surface area contributed by atoms with Crippen LogP contribution in [0.4, 0.5) is 17.1 Å². The molecule has 1 aliphatic heterocycles. The molecule has 2 aliphatic rings. The lowest BCUT2D eigenvalue weighted by Gasteiger charge is -2.35. The smallest absolute Gasteiger partial charge is 0.135 e. The first-order chi connectivity index (χ1) is 33.2. The highest BCUT2D eigenvalue weighted by atomic mass is 16.5. The Morgan fingerprint density at radius 1 is 0.299 bits per heavy atom. The van der Waals surface area contributed by atoms with Gasteiger partial charge in [0, 0.05) is 33.8 Å². The largest absolute Gasteiger partial charge is 0.456 e. The van der Waals surface area contributed by atoms with Gasteiger partial charge in [-0.05, 0) is 127 Å². The third kappa shape index (κ3) is 6.26. The number of anilines is 3. The van der Waals surface area contributed by atoms with E-state index in [0.717, 1.165) is 67.2 Å². The summed E-state index contributed by atoms with van der Waals surface area (Å²) in [5.41, 5.74) is 19.4. The van der Waals surface area contributed by atoms with Gasteiger partial charge in [0.2, 0.25) is 0 Å². The summed E-state index contributed by atoms with van der Waals surface area (Å²) in [6, 6.07) is 95.1. The number of hydrogen-bond donors (Lipinski definition) is 0. The van der Waals surface area contributed by atoms with E-state index in [4.69, 9.17) is 4.74 Å². The second kappa shape index (κ2) is 15.8. The van der Waals surface area contributed by atoms with Crippen LogP contribution in [0.1, 0.15) is 22.3 Å². The zero-order valence-corrected chi connectivity index (χ0v) is 36.7. The second-order valence-corrected chi connectivity index (χ2v) is 17.6. The molecule has 0 unspecified atom stereocenters. The van der Waals surface area contributed by atoms with Crippen LogP contribution in [-0.4, -0.2) is 0 Å². The van der Waals surface area contributed by atoms with Crippen molar-refractivity contribution in [2.24, 2.45) is 0 Å². The van der Waals surface area contributed by atoms with Crippen molar-refractivity contribution in [1.29, 1.82) is 0 Å². The molecule has 1 heterocycles. The standard InChI is InChI=1S/C65H43NO/c1-4-17-44(18-5-1)46-31-36-51(37-32-46)66(52-24-16-23-50(42-52)65(49-21-8-3-9-22-49)60-28-13-10-25-54(60)55-26-11-14-29-61(55)65)53-38-33-47-34-39-56-59-41-48(45-19-6-2-7-20-45)35-40-63(59)67-62-30-15-12-27-57(62)64(56)58(47)43-53/h1-43H. The van der Waals surface area contributed by atoms with Crippen molar-refractivity contribution >= 4 is 27.8 Å². The van der Waals surface area contributed by atoms with Gasteiger partial charge in [-0.15, -0.1) is 0 Å². The van der Waals surface area contributed by atoms with Gasteiger partial charge < -0.3 is 9.64 Å². The highest BCUT2D eigenvalue weighted by Gasteiger charge is 2.46. The van der Waals surface area contributed by atoms with Crippen LogP contribution < -0.4 is 9.64 Å². The lowest BCUT2D eigenvalue weighted by Crippen LogP contribution is -2.28. The fourth-order valence-corrected chi connectivity index (χ4v) is 11.0. The van der Waals surface area contributed by atoms with E-state index in [2.05, 4.69) is 266 Å². The maximum absolute atomic E-state index is 6.84. The number of ether oxygens (including phenoxy) is 1. The number of hydrogen-bond acceptors (Lipinski definition) is 2. The van der Waals surface area contributed by atoms with E-state index in [1.165, 1.54) is 50.1 Å². The van der Waals surface area contributed by atoms with Gasteiger partial charge in [-0.25, -0.2) is 0 Å². The Hall–Kier alpha value is -8.72. The molecular weight excluding hydrogens is 811 g/mol. The minimum absolute atomic E-state index is 0.538. The monoisotopic (exact) mass is 853 g/mol. The molecule has 11 aromatic rings. The fourth-order valence-electron chi connectivity index (χ4n) is 11.0. The van der Waals surface area contributed by atoms with E-state index in [0.29, 0.717) is 0 Å². The number of benzene rings is 11. The molecule has 13 rings (SSSR count). The number of nitrogens with zero attached hydrogens (tertiary/aromatic N) is 1. The molecule has 2 nitrogen and oxygen atoms in total. The molecule has 0 N–H and O–H groups in total. The molecule has 0 aromatic heterocycles. The van der Waals surface area contributed by atoms with Crippen molar-refractivity contribution < 1.29 is 4.74 Å². The Morgan fingerprint density at radius 3 is 1.54 bits per heavy atom. The molecule has 0 saturated carbocycles. The maximum Gasteiger partial charge on any atom is 0.135 e. The number of para-hydroxylation sites is 1. The summed E-state index contributed by atoms with van der Waals surface area (Å²) in [7, 11) is 0. The molecule has 67 heavy (non-hydrogen) atoms. The van der Waals surface area contributed by atoms with Crippen LogP contribution in [0.15, 0.2) is 261 Å². The lowest BCUT2D eigenvalue weighted by molar-refractivity contribution is 0.488. The van der Waals surface area contributed by atoms with Crippen molar-refractivity contribution in [2.45, 2.75) is 5.41 Å². The van der Waals surface area contributed by atoms with E-state index < -0.39 is 5.41 Å². The molecule has 0 radical (unpaired) electrons. The average Bonchev–Trinajstić information content (AvgIpc) is 3.62. The predicted octanol–water partition coefficient (Wildman–Crippen LogP) is 17.4. The summed E-state index contributed by atoms with van der Waals surface area (Å²) in [5.74, 6) is 1.69. The molecule has 2 heteroatoms. The summed E-state index contributed by atoms with van der Waals surface area (Å²) in [5, 5.41) is 2.32. The summed E-state index contributed by atoms with van der Waals surface area (Å²) in [6.45, 7) is 0. The topological polar surface area (TPSA) is 12.5 Å². The van der Waals surface area contributed by atoms with E-state index >= 15 is 0 Å². The third-order valence-electron chi connectivity index (χ3n) is 13.9. The Kier molecular flexibility index (Phi) is 9.11. The molecule has 0 amide bonds. The van der Waals surface area contributed by atoms with Crippen LogP contribution in [0.25, 0.3) is 66.4 Å². The first kappa shape index (κ1) is 38.7. The van der Waals surface area contributed by atoms with Crippen LogP contribution in [0, 0.1) is 0 Å². The van der Waals surface area contributed by atoms with Gasteiger partial charge >= 0.3 is 0 Å². The van der Waals surface area contributed by atoms with Crippen LogP contribution in [0.2, 0.25) is 0 Å². The van der Waals surface area contributed by atoms with Gasteiger partial charge in [-0.2, -0.15) is 0 Å². The van der Waals surface area contributed by atoms with Gasteiger partial charge in [0.05, 0.1) is 5.41 Å². The second-order valence-electron chi connectivity index (χ2n) is 17.6. The molecule has 314 valence electrons. The van der Waals surface area contributed by atoms with Gasteiger partial charge in [-0.3, -0.25) is 0 Å². The normalized spacial score (nSPS) is 12.7. The van der Waals surface area contributed by atoms with Crippen LogP contribution in [0.3, 0.4) is 0 Å². The minimum Gasteiger partial charge on any atom is -0.456 e. The van der Waals surface area contributed by atoms with Crippen LogP contribution in [0.5, 0.6) is 11.5 Å². The molecule has 0 atom stereocenters. The van der Waals surface area contributed by atoms with Crippen molar-refractivity contribution in [3.05, 3.63) is 283 Å². The molecular formula is C65H43NO. The summed E-state index contributed by atoms with van der Waals surface area (Å²) < 4.78 is 6.84.